The molecule has 0 saturated carbocycles. The van der Waals surface area contributed by atoms with Crippen LogP contribution in [0, 0.1) is 0 Å². The smallest absolute Gasteiger partial charge is 0.340 e. The summed E-state index contributed by atoms with van der Waals surface area (Å²) in [6, 6.07) is 16.7. The first-order chi connectivity index (χ1) is 14.9. The van der Waals surface area contributed by atoms with E-state index in [0.29, 0.717) is 10.7 Å². The summed E-state index contributed by atoms with van der Waals surface area (Å²) < 4.78 is 33.0. The molecular weight excluding hydrogens is 476 g/mol. The SMILES string of the molecule is O=C(OCc1csc(-c2ccc(Cl)cc2)n1)c1ccccc1NS(=O)(=O)c1cccs1. The largest absolute Gasteiger partial charge is 0.455 e. The summed E-state index contributed by atoms with van der Waals surface area (Å²) >= 11 is 8.43. The van der Waals surface area contributed by atoms with E-state index >= 15 is 0 Å². The van der Waals surface area contributed by atoms with Crippen LogP contribution in [0.4, 0.5) is 5.69 Å². The van der Waals surface area contributed by atoms with Gasteiger partial charge >= 0.3 is 5.97 Å². The Morgan fingerprint density at radius 1 is 1.03 bits per heavy atom. The van der Waals surface area contributed by atoms with E-state index in [1.165, 1.54) is 29.5 Å². The van der Waals surface area contributed by atoms with Crippen molar-refractivity contribution in [3.63, 3.8) is 0 Å². The Kier molecular flexibility index (Phi) is 6.38. The highest BCUT2D eigenvalue weighted by Gasteiger charge is 2.20. The number of anilines is 1. The number of thiophene rings is 1. The number of hydrogen-bond acceptors (Lipinski definition) is 7. The zero-order valence-electron chi connectivity index (χ0n) is 15.8. The molecule has 0 unspecified atom stereocenters. The van der Waals surface area contributed by atoms with Crippen LogP contribution in [-0.2, 0) is 21.4 Å². The number of halogens is 1. The number of esters is 1. The van der Waals surface area contributed by atoms with Crippen LogP contribution in [0.5, 0.6) is 0 Å². The number of nitrogens with one attached hydrogen (secondary N) is 1. The van der Waals surface area contributed by atoms with Gasteiger partial charge in [0, 0.05) is 16.0 Å². The van der Waals surface area contributed by atoms with Gasteiger partial charge in [0.05, 0.1) is 16.9 Å². The fourth-order valence-electron chi connectivity index (χ4n) is 2.68. The molecule has 10 heteroatoms. The first kappa shape index (κ1) is 21.5. The summed E-state index contributed by atoms with van der Waals surface area (Å²) in [5.41, 5.74) is 1.79. The Bertz CT molecular complexity index is 1300. The second-order valence-corrected chi connectivity index (χ2v) is 10.5. The maximum absolute atomic E-state index is 12.6. The summed E-state index contributed by atoms with van der Waals surface area (Å²) in [7, 11) is -3.78. The van der Waals surface area contributed by atoms with E-state index in [0.717, 1.165) is 21.9 Å². The minimum atomic E-state index is -3.78. The third kappa shape index (κ3) is 5.13. The minimum absolute atomic E-state index is 0.0328. The molecule has 0 atom stereocenters. The van der Waals surface area contributed by atoms with Gasteiger partial charge in [-0.3, -0.25) is 4.72 Å². The van der Waals surface area contributed by atoms with E-state index in [2.05, 4.69) is 9.71 Å². The van der Waals surface area contributed by atoms with Crippen molar-refractivity contribution < 1.29 is 17.9 Å². The maximum atomic E-state index is 12.6. The molecule has 0 aliphatic carbocycles. The number of benzene rings is 2. The van der Waals surface area contributed by atoms with Crippen molar-refractivity contribution in [2.45, 2.75) is 10.8 Å². The lowest BCUT2D eigenvalue weighted by molar-refractivity contribution is 0.0470. The Balaban J connectivity index is 1.46. The van der Waals surface area contributed by atoms with E-state index < -0.39 is 16.0 Å². The van der Waals surface area contributed by atoms with E-state index in [9.17, 15) is 13.2 Å². The molecule has 0 spiro atoms. The van der Waals surface area contributed by atoms with Gasteiger partial charge in [-0.15, -0.1) is 22.7 Å². The topological polar surface area (TPSA) is 85.4 Å². The van der Waals surface area contributed by atoms with Crippen LogP contribution in [0.1, 0.15) is 16.1 Å². The van der Waals surface area contributed by atoms with Gasteiger partial charge in [-0.25, -0.2) is 18.2 Å². The third-order valence-electron chi connectivity index (χ3n) is 4.15. The Morgan fingerprint density at radius 2 is 1.81 bits per heavy atom. The Morgan fingerprint density at radius 3 is 2.55 bits per heavy atom. The average molecular weight is 491 g/mol. The Labute approximate surface area is 192 Å². The van der Waals surface area contributed by atoms with Gasteiger partial charge in [-0.1, -0.05) is 41.9 Å². The highest BCUT2D eigenvalue weighted by atomic mass is 35.5. The number of para-hydroxylation sites is 1. The van der Waals surface area contributed by atoms with Gasteiger partial charge in [0.15, 0.2) is 0 Å². The van der Waals surface area contributed by atoms with Crippen LogP contribution in [0.15, 0.2) is 75.6 Å². The summed E-state index contributed by atoms with van der Waals surface area (Å²) in [5, 5.41) is 4.90. The molecule has 0 amide bonds. The molecule has 0 aliphatic rings. The van der Waals surface area contributed by atoms with Gasteiger partial charge < -0.3 is 4.74 Å². The molecule has 1 N–H and O–H groups in total. The standard InChI is InChI=1S/C21H15ClN2O4S3/c22-15-9-7-14(8-10-15)20-23-16(13-30-20)12-28-21(25)17-4-1-2-5-18(17)24-31(26,27)19-6-3-11-29-19/h1-11,13,24H,12H2. The van der Waals surface area contributed by atoms with Gasteiger partial charge in [0.25, 0.3) is 10.0 Å². The van der Waals surface area contributed by atoms with E-state index in [-0.39, 0.29) is 22.1 Å². The van der Waals surface area contributed by atoms with Crippen molar-refractivity contribution >= 4 is 56.0 Å². The van der Waals surface area contributed by atoms with Crippen molar-refractivity contribution in [2.75, 3.05) is 4.72 Å². The van der Waals surface area contributed by atoms with Gasteiger partial charge in [0.1, 0.15) is 15.8 Å². The summed E-state index contributed by atoms with van der Waals surface area (Å²) in [4.78, 5) is 17.1. The molecule has 31 heavy (non-hydrogen) atoms. The zero-order chi connectivity index (χ0) is 21.8. The van der Waals surface area contributed by atoms with Crippen molar-refractivity contribution in [3.8, 4) is 10.6 Å². The van der Waals surface area contributed by atoms with Crippen LogP contribution >= 0.6 is 34.3 Å². The van der Waals surface area contributed by atoms with Crippen molar-refractivity contribution in [1.29, 1.82) is 0 Å². The van der Waals surface area contributed by atoms with Crippen molar-refractivity contribution in [2.24, 2.45) is 0 Å². The number of hydrogen-bond donors (Lipinski definition) is 1. The zero-order valence-corrected chi connectivity index (χ0v) is 19.0. The number of thiazole rings is 1. The second-order valence-electron chi connectivity index (χ2n) is 6.31. The highest BCUT2D eigenvalue weighted by Crippen LogP contribution is 2.26. The molecule has 0 saturated heterocycles. The molecule has 2 heterocycles. The number of aromatic nitrogens is 1. The number of sulfonamides is 1. The molecular formula is C21H15ClN2O4S3. The van der Waals surface area contributed by atoms with Crippen molar-refractivity contribution in [1.82, 2.24) is 4.98 Å². The van der Waals surface area contributed by atoms with E-state index in [1.54, 1.807) is 35.7 Å². The van der Waals surface area contributed by atoms with Crippen LogP contribution in [-0.4, -0.2) is 19.4 Å². The first-order valence-corrected chi connectivity index (χ1v) is 12.6. The van der Waals surface area contributed by atoms with Crippen molar-refractivity contribution in [3.05, 3.63) is 87.7 Å². The molecule has 158 valence electrons. The lowest BCUT2D eigenvalue weighted by atomic mass is 10.2. The molecule has 6 nitrogen and oxygen atoms in total. The molecule has 0 radical (unpaired) electrons. The summed E-state index contributed by atoms with van der Waals surface area (Å²) in [6.07, 6.45) is 0. The second kappa shape index (κ2) is 9.19. The number of ether oxygens (including phenoxy) is 1. The molecule has 0 fully saturated rings. The number of carbonyl (C=O) groups excluding carboxylic acids is 1. The first-order valence-electron chi connectivity index (χ1n) is 8.95. The monoisotopic (exact) mass is 490 g/mol. The Hall–Kier alpha value is -2.72. The summed E-state index contributed by atoms with van der Waals surface area (Å²) in [5.74, 6) is -0.648. The molecule has 0 aliphatic heterocycles. The normalized spacial score (nSPS) is 11.3. The van der Waals surface area contributed by atoms with Gasteiger partial charge in [-0.05, 0) is 35.7 Å². The molecule has 0 bridgehead atoms. The van der Waals surface area contributed by atoms with Crippen LogP contribution < -0.4 is 4.72 Å². The maximum Gasteiger partial charge on any atom is 0.340 e. The molecule has 4 rings (SSSR count). The highest BCUT2D eigenvalue weighted by molar-refractivity contribution is 7.94. The number of rotatable bonds is 7. The minimum Gasteiger partial charge on any atom is -0.455 e. The molecule has 2 aromatic heterocycles. The fourth-order valence-corrected chi connectivity index (χ4v) is 5.69. The lowest BCUT2D eigenvalue weighted by Crippen LogP contribution is -2.15. The molecule has 4 aromatic rings. The van der Waals surface area contributed by atoms with Crippen LogP contribution in [0.25, 0.3) is 10.6 Å². The third-order valence-corrected chi connectivity index (χ3v) is 8.10. The predicted molar refractivity (Wildman–Crippen MR) is 123 cm³/mol. The number of nitrogens with zero attached hydrogens (tertiary/aromatic N) is 1. The summed E-state index contributed by atoms with van der Waals surface area (Å²) in [6.45, 7) is -0.0328. The van der Waals surface area contributed by atoms with E-state index in [4.69, 9.17) is 16.3 Å². The van der Waals surface area contributed by atoms with Gasteiger partial charge in [0.2, 0.25) is 0 Å². The lowest BCUT2D eigenvalue weighted by Gasteiger charge is -2.11. The molecule has 2 aromatic carbocycles. The quantitative estimate of drug-likeness (QED) is 0.337. The van der Waals surface area contributed by atoms with E-state index in [1.807, 2.05) is 17.5 Å². The van der Waals surface area contributed by atoms with Gasteiger partial charge in [-0.2, -0.15) is 0 Å². The van der Waals surface area contributed by atoms with Crippen LogP contribution in [0.3, 0.4) is 0 Å². The predicted octanol–water partition coefficient (Wildman–Crippen LogP) is 5.68. The average Bonchev–Trinajstić information content (AvgIpc) is 3.45. The fraction of sp³-hybridized carbons (Fsp3) is 0.0476. The van der Waals surface area contributed by atoms with Crippen LogP contribution in [0.2, 0.25) is 5.02 Å². The number of carbonyl (C=O) groups is 1.